The van der Waals surface area contributed by atoms with Crippen LogP contribution < -0.4 is 5.56 Å². The highest BCUT2D eigenvalue weighted by molar-refractivity contribution is 5.61. The third kappa shape index (κ3) is 2.03. The van der Waals surface area contributed by atoms with Gasteiger partial charge in [0, 0.05) is 12.6 Å². The molecule has 0 aliphatic carbocycles. The third-order valence-corrected chi connectivity index (χ3v) is 2.99. The van der Waals surface area contributed by atoms with Gasteiger partial charge < -0.3 is 0 Å². The van der Waals surface area contributed by atoms with Gasteiger partial charge in [0.2, 0.25) is 0 Å². The van der Waals surface area contributed by atoms with Crippen LogP contribution in [0.25, 0.3) is 11.3 Å². The molecular formula is C14H13N3O. The number of nitrogens with zero attached hydrogens (tertiary/aromatic N) is 3. The van der Waals surface area contributed by atoms with Gasteiger partial charge in [0.15, 0.2) is 0 Å². The van der Waals surface area contributed by atoms with Crippen LogP contribution >= 0.6 is 0 Å². The van der Waals surface area contributed by atoms with E-state index >= 15 is 0 Å². The Morgan fingerprint density at radius 3 is 2.56 bits per heavy atom. The molecule has 1 heterocycles. The molecule has 0 atom stereocenters. The number of hydrogen-bond acceptors (Lipinski definition) is 3. The van der Waals surface area contributed by atoms with Crippen LogP contribution in [-0.4, -0.2) is 9.78 Å². The first-order valence-corrected chi connectivity index (χ1v) is 5.59. The van der Waals surface area contributed by atoms with Gasteiger partial charge in [-0.1, -0.05) is 12.1 Å². The van der Waals surface area contributed by atoms with Crippen LogP contribution in [0.15, 0.2) is 29.1 Å². The molecule has 0 aliphatic heterocycles. The van der Waals surface area contributed by atoms with E-state index in [4.69, 9.17) is 5.26 Å². The predicted molar refractivity (Wildman–Crippen MR) is 69.1 cm³/mol. The molecular weight excluding hydrogens is 226 g/mol. The topological polar surface area (TPSA) is 58.7 Å². The Kier molecular flexibility index (Phi) is 2.99. The molecule has 0 N–H and O–H groups in total. The van der Waals surface area contributed by atoms with Gasteiger partial charge >= 0.3 is 0 Å². The Balaban J connectivity index is 2.65. The van der Waals surface area contributed by atoms with Crippen LogP contribution in [-0.2, 0) is 7.05 Å². The van der Waals surface area contributed by atoms with E-state index in [1.807, 2.05) is 38.1 Å². The van der Waals surface area contributed by atoms with Crippen LogP contribution in [0.2, 0.25) is 0 Å². The molecule has 2 aromatic rings. The number of nitriles is 1. The number of hydrogen-bond donors (Lipinski definition) is 0. The maximum Gasteiger partial charge on any atom is 0.284 e. The van der Waals surface area contributed by atoms with E-state index in [0.717, 1.165) is 11.1 Å². The van der Waals surface area contributed by atoms with Crippen molar-refractivity contribution in [1.82, 2.24) is 9.78 Å². The van der Waals surface area contributed by atoms with Crippen LogP contribution in [0.5, 0.6) is 0 Å². The molecule has 0 saturated heterocycles. The lowest BCUT2D eigenvalue weighted by molar-refractivity contribution is 0.709. The van der Waals surface area contributed by atoms with Crippen molar-refractivity contribution in [3.05, 3.63) is 51.3 Å². The smallest absolute Gasteiger partial charge is 0.266 e. The van der Waals surface area contributed by atoms with Crippen molar-refractivity contribution in [1.29, 1.82) is 5.26 Å². The van der Waals surface area contributed by atoms with Crippen molar-refractivity contribution in [2.75, 3.05) is 0 Å². The van der Waals surface area contributed by atoms with Gasteiger partial charge in [-0.15, -0.1) is 0 Å². The minimum atomic E-state index is -0.370. The molecule has 4 nitrogen and oxygen atoms in total. The fourth-order valence-corrected chi connectivity index (χ4v) is 1.73. The monoisotopic (exact) mass is 239 g/mol. The van der Waals surface area contributed by atoms with Gasteiger partial charge in [0.25, 0.3) is 5.56 Å². The molecule has 18 heavy (non-hydrogen) atoms. The second-order valence-electron chi connectivity index (χ2n) is 4.28. The molecule has 4 heteroatoms. The molecule has 0 aliphatic rings. The Morgan fingerprint density at radius 2 is 1.94 bits per heavy atom. The Labute approximate surface area is 105 Å². The largest absolute Gasteiger partial charge is 0.284 e. The third-order valence-electron chi connectivity index (χ3n) is 2.99. The van der Waals surface area contributed by atoms with Crippen molar-refractivity contribution >= 4 is 0 Å². The zero-order valence-electron chi connectivity index (χ0n) is 10.6. The first-order valence-electron chi connectivity index (χ1n) is 5.59. The summed E-state index contributed by atoms with van der Waals surface area (Å²) >= 11 is 0. The zero-order chi connectivity index (χ0) is 13.3. The summed E-state index contributed by atoms with van der Waals surface area (Å²) in [7, 11) is 1.55. The summed E-state index contributed by atoms with van der Waals surface area (Å²) in [5.41, 5.74) is 3.64. The van der Waals surface area contributed by atoms with Crippen molar-refractivity contribution in [3.63, 3.8) is 0 Å². The van der Waals surface area contributed by atoms with E-state index in [0.29, 0.717) is 5.69 Å². The van der Waals surface area contributed by atoms with Crippen LogP contribution in [0.4, 0.5) is 0 Å². The van der Waals surface area contributed by atoms with Crippen molar-refractivity contribution in [2.24, 2.45) is 7.05 Å². The minimum Gasteiger partial charge on any atom is -0.266 e. The molecule has 90 valence electrons. The first kappa shape index (κ1) is 12.1. The first-order chi connectivity index (χ1) is 8.52. The summed E-state index contributed by atoms with van der Waals surface area (Å²) in [6, 6.07) is 9.38. The SMILES string of the molecule is Cc1ccc(-c2cc(C#N)c(=O)n(C)n2)cc1C. The molecule has 1 aromatic heterocycles. The van der Waals surface area contributed by atoms with Crippen molar-refractivity contribution in [2.45, 2.75) is 13.8 Å². The molecule has 0 amide bonds. The van der Waals surface area contributed by atoms with Gasteiger partial charge in [0.05, 0.1) is 5.69 Å². The highest BCUT2D eigenvalue weighted by Gasteiger charge is 2.08. The van der Waals surface area contributed by atoms with Crippen LogP contribution in [0, 0.1) is 25.2 Å². The lowest BCUT2D eigenvalue weighted by atomic mass is 10.0. The highest BCUT2D eigenvalue weighted by Crippen LogP contribution is 2.19. The molecule has 2 rings (SSSR count). The highest BCUT2D eigenvalue weighted by atomic mass is 16.1. The van der Waals surface area contributed by atoms with Crippen LogP contribution in [0.3, 0.4) is 0 Å². The van der Waals surface area contributed by atoms with Crippen molar-refractivity contribution < 1.29 is 0 Å². The second-order valence-corrected chi connectivity index (χ2v) is 4.28. The van der Waals surface area contributed by atoms with E-state index in [1.165, 1.54) is 16.3 Å². The predicted octanol–water partition coefficient (Wildman–Crippen LogP) is 1.94. The molecule has 0 saturated carbocycles. The fraction of sp³-hybridized carbons (Fsp3) is 0.214. The molecule has 0 radical (unpaired) electrons. The summed E-state index contributed by atoms with van der Waals surface area (Å²) in [6.45, 7) is 4.06. The van der Waals surface area contributed by atoms with Crippen molar-refractivity contribution in [3.8, 4) is 17.3 Å². The lowest BCUT2D eigenvalue weighted by Crippen LogP contribution is -2.22. The van der Waals surface area contributed by atoms with Gasteiger partial charge in [-0.25, -0.2) is 4.68 Å². The normalized spacial score (nSPS) is 10.1. The Morgan fingerprint density at radius 1 is 1.22 bits per heavy atom. The average molecular weight is 239 g/mol. The molecule has 0 unspecified atom stereocenters. The summed E-state index contributed by atoms with van der Waals surface area (Å²) in [5.74, 6) is 0. The average Bonchev–Trinajstić information content (AvgIpc) is 2.36. The van der Waals surface area contributed by atoms with E-state index in [9.17, 15) is 4.79 Å². The molecule has 0 fully saturated rings. The van der Waals surface area contributed by atoms with Gasteiger partial charge in [-0.05, 0) is 37.1 Å². The minimum absolute atomic E-state index is 0.112. The number of benzene rings is 1. The maximum atomic E-state index is 11.6. The summed E-state index contributed by atoms with van der Waals surface area (Å²) in [4.78, 5) is 11.6. The molecule has 0 bridgehead atoms. The molecule has 0 spiro atoms. The fourth-order valence-electron chi connectivity index (χ4n) is 1.73. The zero-order valence-corrected chi connectivity index (χ0v) is 10.6. The maximum absolute atomic E-state index is 11.6. The number of aryl methyl sites for hydroxylation is 3. The summed E-state index contributed by atoms with van der Waals surface area (Å²) in [6.07, 6.45) is 0. The van der Waals surface area contributed by atoms with Gasteiger partial charge in [-0.3, -0.25) is 4.79 Å². The van der Waals surface area contributed by atoms with E-state index < -0.39 is 0 Å². The van der Waals surface area contributed by atoms with Gasteiger partial charge in [-0.2, -0.15) is 10.4 Å². The molecule has 1 aromatic carbocycles. The van der Waals surface area contributed by atoms with E-state index in [2.05, 4.69) is 5.10 Å². The summed E-state index contributed by atoms with van der Waals surface area (Å²) < 4.78 is 1.20. The van der Waals surface area contributed by atoms with Gasteiger partial charge in [0.1, 0.15) is 11.6 Å². The number of aromatic nitrogens is 2. The Bertz CT molecular complexity index is 708. The van der Waals surface area contributed by atoms with E-state index in [1.54, 1.807) is 7.05 Å². The lowest BCUT2D eigenvalue weighted by Gasteiger charge is -2.06. The van der Waals surface area contributed by atoms with E-state index in [-0.39, 0.29) is 11.1 Å². The standard InChI is InChI=1S/C14H13N3O/c1-9-4-5-11(6-10(9)2)13-7-12(8-15)14(18)17(3)16-13/h4-7H,1-3H3. The Hall–Kier alpha value is -2.41. The second kappa shape index (κ2) is 4.46. The summed E-state index contributed by atoms with van der Waals surface area (Å²) in [5, 5.41) is 13.1. The number of rotatable bonds is 1. The quantitative estimate of drug-likeness (QED) is 0.764. The van der Waals surface area contributed by atoms with Crippen LogP contribution in [0.1, 0.15) is 16.7 Å².